The minimum Gasteiger partial charge on any atom is -0.493 e. The Hall–Kier alpha value is -3.77. The first-order chi connectivity index (χ1) is 16.5. The Bertz CT molecular complexity index is 1190. The standard InChI is InChI=1S/C28H31N3O3/c1-5-23(27-22-15-25(33-3)26(34-4)16-24(22)30-28(27)32)29-21-13-11-20(12-14-21)18-31(2)17-19-9-7-6-8-10-19/h6-16,29H,5,17-18H2,1-4H3,(H,30,32)/b27-23-. The second-order valence-corrected chi connectivity index (χ2v) is 8.39. The molecule has 6 nitrogen and oxygen atoms in total. The van der Waals surface area contributed by atoms with E-state index < -0.39 is 0 Å². The van der Waals surface area contributed by atoms with Gasteiger partial charge in [0.2, 0.25) is 0 Å². The first-order valence-corrected chi connectivity index (χ1v) is 11.4. The molecule has 176 valence electrons. The predicted molar refractivity (Wildman–Crippen MR) is 137 cm³/mol. The molecule has 1 heterocycles. The Balaban J connectivity index is 1.51. The number of allylic oxidation sites excluding steroid dienone is 1. The zero-order valence-electron chi connectivity index (χ0n) is 20.1. The lowest BCUT2D eigenvalue weighted by atomic mass is 10.0. The molecule has 0 aliphatic carbocycles. The molecule has 1 aliphatic heterocycles. The van der Waals surface area contributed by atoms with E-state index in [1.54, 1.807) is 20.3 Å². The number of amides is 1. The summed E-state index contributed by atoms with van der Waals surface area (Å²) < 4.78 is 10.8. The summed E-state index contributed by atoms with van der Waals surface area (Å²) in [7, 11) is 5.30. The van der Waals surface area contributed by atoms with Crippen LogP contribution in [0.3, 0.4) is 0 Å². The van der Waals surface area contributed by atoms with E-state index in [1.807, 2.05) is 19.1 Å². The summed E-state index contributed by atoms with van der Waals surface area (Å²) in [6.45, 7) is 3.79. The van der Waals surface area contributed by atoms with Gasteiger partial charge in [-0.1, -0.05) is 49.4 Å². The SMILES string of the molecule is CC/C(Nc1ccc(CN(C)Cc2ccccc2)cc1)=C1/C(=O)Nc2cc(OC)c(OC)cc21. The summed E-state index contributed by atoms with van der Waals surface area (Å²) in [5, 5.41) is 6.41. The van der Waals surface area contributed by atoms with Crippen LogP contribution in [0.5, 0.6) is 11.5 Å². The monoisotopic (exact) mass is 457 g/mol. The molecule has 0 radical (unpaired) electrons. The molecule has 34 heavy (non-hydrogen) atoms. The van der Waals surface area contributed by atoms with Gasteiger partial charge in [-0.3, -0.25) is 9.69 Å². The van der Waals surface area contributed by atoms with Gasteiger partial charge < -0.3 is 20.1 Å². The number of carbonyl (C=O) groups is 1. The number of nitrogens with zero attached hydrogens (tertiary/aromatic N) is 1. The lowest BCUT2D eigenvalue weighted by Crippen LogP contribution is -2.17. The average Bonchev–Trinajstić information content (AvgIpc) is 3.17. The van der Waals surface area contributed by atoms with Gasteiger partial charge in [-0.05, 0) is 42.8 Å². The highest BCUT2D eigenvalue weighted by Gasteiger charge is 2.29. The number of nitrogens with one attached hydrogen (secondary N) is 2. The highest BCUT2D eigenvalue weighted by molar-refractivity contribution is 6.32. The smallest absolute Gasteiger partial charge is 0.258 e. The van der Waals surface area contributed by atoms with Crippen molar-refractivity contribution in [2.75, 3.05) is 31.9 Å². The molecule has 0 spiro atoms. The number of benzene rings is 3. The van der Waals surface area contributed by atoms with Gasteiger partial charge in [0.05, 0.1) is 25.5 Å². The number of carbonyl (C=O) groups excluding carboxylic acids is 1. The predicted octanol–water partition coefficient (Wildman–Crippen LogP) is 5.52. The fourth-order valence-corrected chi connectivity index (χ4v) is 4.25. The molecule has 1 aliphatic rings. The Morgan fingerprint density at radius 3 is 2.15 bits per heavy atom. The number of methoxy groups -OCH3 is 2. The molecule has 0 fully saturated rings. The van der Waals surface area contributed by atoms with Gasteiger partial charge in [0.1, 0.15) is 0 Å². The highest BCUT2D eigenvalue weighted by atomic mass is 16.5. The van der Waals surface area contributed by atoms with Crippen molar-refractivity contribution in [2.45, 2.75) is 26.4 Å². The van der Waals surface area contributed by atoms with Gasteiger partial charge >= 0.3 is 0 Å². The second-order valence-electron chi connectivity index (χ2n) is 8.39. The van der Waals surface area contributed by atoms with Crippen LogP contribution in [0.1, 0.15) is 30.0 Å². The molecule has 4 rings (SSSR count). The van der Waals surface area contributed by atoms with Crippen molar-refractivity contribution in [3.8, 4) is 11.5 Å². The Kier molecular flexibility index (Phi) is 7.18. The van der Waals surface area contributed by atoms with Crippen LogP contribution in [0.25, 0.3) is 5.57 Å². The summed E-state index contributed by atoms with van der Waals surface area (Å²) >= 11 is 0. The van der Waals surface area contributed by atoms with Crippen LogP contribution < -0.4 is 20.1 Å². The van der Waals surface area contributed by atoms with Gasteiger partial charge in [-0.25, -0.2) is 0 Å². The van der Waals surface area contributed by atoms with E-state index in [0.29, 0.717) is 23.5 Å². The second kappa shape index (κ2) is 10.4. The summed E-state index contributed by atoms with van der Waals surface area (Å²) in [6.07, 6.45) is 0.679. The first-order valence-electron chi connectivity index (χ1n) is 11.4. The summed E-state index contributed by atoms with van der Waals surface area (Å²) in [6, 6.07) is 22.5. The van der Waals surface area contributed by atoms with Crippen LogP contribution in [0.2, 0.25) is 0 Å². The van der Waals surface area contributed by atoms with Gasteiger partial charge in [0, 0.05) is 36.1 Å². The minimum absolute atomic E-state index is 0.131. The molecule has 6 heteroatoms. The van der Waals surface area contributed by atoms with E-state index in [9.17, 15) is 4.79 Å². The normalized spacial score (nSPS) is 14.0. The van der Waals surface area contributed by atoms with Gasteiger partial charge in [-0.15, -0.1) is 0 Å². The molecule has 3 aromatic rings. The maximum Gasteiger partial charge on any atom is 0.258 e. The molecule has 0 aromatic heterocycles. The number of hydrogen-bond acceptors (Lipinski definition) is 5. The number of anilines is 2. The molecular weight excluding hydrogens is 426 g/mol. The number of hydrogen-bond donors (Lipinski definition) is 2. The molecule has 0 saturated carbocycles. The Labute approximate surface area is 201 Å². The van der Waals surface area contributed by atoms with Crippen molar-refractivity contribution in [3.63, 3.8) is 0 Å². The van der Waals surface area contributed by atoms with E-state index in [0.717, 1.165) is 35.7 Å². The molecule has 0 saturated heterocycles. The summed E-state index contributed by atoms with van der Waals surface area (Å²) in [5.41, 5.74) is 6.50. The fraction of sp³-hybridized carbons (Fsp3) is 0.250. The van der Waals surface area contributed by atoms with Crippen molar-refractivity contribution >= 4 is 22.9 Å². The van der Waals surface area contributed by atoms with Crippen LogP contribution in [0.4, 0.5) is 11.4 Å². The minimum atomic E-state index is -0.131. The van der Waals surface area contributed by atoms with E-state index in [-0.39, 0.29) is 5.91 Å². The lowest BCUT2D eigenvalue weighted by Gasteiger charge is -2.18. The van der Waals surface area contributed by atoms with Crippen LogP contribution in [0.15, 0.2) is 72.4 Å². The molecule has 0 atom stereocenters. The lowest BCUT2D eigenvalue weighted by molar-refractivity contribution is -0.110. The average molecular weight is 458 g/mol. The van der Waals surface area contributed by atoms with Crippen LogP contribution >= 0.6 is 0 Å². The maximum absolute atomic E-state index is 12.9. The van der Waals surface area contributed by atoms with Gasteiger partial charge in [0.25, 0.3) is 5.91 Å². The number of rotatable bonds is 9. The molecule has 1 amide bonds. The zero-order valence-corrected chi connectivity index (χ0v) is 20.1. The fourth-order valence-electron chi connectivity index (χ4n) is 4.25. The van der Waals surface area contributed by atoms with Gasteiger partial charge in [0.15, 0.2) is 11.5 Å². The van der Waals surface area contributed by atoms with Crippen LogP contribution in [0, 0.1) is 0 Å². The summed E-state index contributed by atoms with van der Waals surface area (Å²) in [5.74, 6) is 1.05. The van der Waals surface area contributed by atoms with Crippen molar-refractivity contribution in [1.82, 2.24) is 4.90 Å². The molecule has 3 aromatic carbocycles. The topological polar surface area (TPSA) is 62.8 Å². The molecular formula is C28H31N3O3. The van der Waals surface area contributed by atoms with Crippen molar-refractivity contribution in [1.29, 1.82) is 0 Å². The van der Waals surface area contributed by atoms with Crippen molar-refractivity contribution < 1.29 is 14.3 Å². The number of fused-ring (bicyclic) bond motifs is 1. The maximum atomic E-state index is 12.9. The number of ether oxygens (including phenoxy) is 2. The highest BCUT2D eigenvalue weighted by Crippen LogP contribution is 2.42. The van der Waals surface area contributed by atoms with E-state index in [1.165, 1.54) is 11.1 Å². The van der Waals surface area contributed by atoms with E-state index in [4.69, 9.17) is 9.47 Å². The Morgan fingerprint density at radius 2 is 1.53 bits per heavy atom. The van der Waals surface area contributed by atoms with E-state index >= 15 is 0 Å². The third-order valence-electron chi connectivity index (χ3n) is 5.92. The molecule has 2 N–H and O–H groups in total. The zero-order chi connectivity index (χ0) is 24.1. The quantitative estimate of drug-likeness (QED) is 0.414. The van der Waals surface area contributed by atoms with Crippen LogP contribution in [-0.2, 0) is 17.9 Å². The third-order valence-corrected chi connectivity index (χ3v) is 5.92. The Morgan fingerprint density at radius 1 is 0.912 bits per heavy atom. The first kappa shape index (κ1) is 23.4. The van der Waals surface area contributed by atoms with Crippen molar-refractivity contribution in [2.24, 2.45) is 0 Å². The van der Waals surface area contributed by atoms with E-state index in [2.05, 4.69) is 71.1 Å². The van der Waals surface area contributed by atoms with Crippen LogP contribution in [-0.4, -0.2) is 32.1 Å². The molecule has 0 unspecified atom stereocenters. The summed E-state index contributed by atoms with van der Waals surface area (Å²) in [4.78, 5) is 15.1. The van der Waals surface area contributed by atoms with Gasteiger partial charge in [-0.2, -0.15) is 0 Å². The third kappa shape index (κ3) is 5.07. The van der Waals surface area contributed by atoms with Crippen molar-refractivity contribution in [3.05, 3.63) is 89.1 Å². The largest absolute Gasteiger partial charge is 0.493 e. The molecule has 0 bridgehead atoms.